The Hall–Kier alpha value is -2.37. The standard InChI is InChI=1S/C23H28N2O3/c26-21(19-8-9-20-22(14-19)28-16-23(27)24-20)10-12-25-11-4-7-18(15-25)13-17-5-2-1-3-6-17/h1-3,5-6,8-9,14,18,21,26H,4,7,10-13,15-16H2,(H,24,27)/t18-,21?/m1/s1. The number of amides is 1. The molecule has 5 nitrogen and oxygen atoms in total. The van der Waals surface area contributed by atoms with Gasteiger partial charge in [0.15, 0.2) is 6.61 Å². The average Bonchev–Trinajstić information content (AvgIpc) is 2.72. The van der Waals surface area contributed by atoms with E-state index in [1.807, 2.05) is 18.2 Å². The number of carbonyl (C=O) groups is 1. The van der Waals surface area contributed by atoms with Crippen LogP contribution in [0.25, 0.3) is 0 Å². The van der Waals surface area contributed by atoms with Crippen LogP contribution >= 0.6 is 0 Å². The molecule has 2 aliphatic heterocycles. The lowest BCUT2D eigenvalue weighted by Crippen LogP contribution is -2.37. The van der Waals surface area contributed by atoms with E-state index in [4.69, 9.17) is 4.74 Å². The molecule has 0 aromatic heterocycles. The molecule has 2 heterocycles. The van der Waals surface area contributed by atoms with E-state index >= 15 is 0 Å². The van der Waals surface area contributed by atoms with Gasteiger partial charge in [-0.3, -0.25) is 4.79 Å². The van der Waals surface area contributed by atoms with E-state index in [9.17, 15) is 9.90 Å². The highest BCUT2D eigenvalue weighted by atomic mass is 16.5. The molecule has 0 bridgehead atoms. The van der Waals surface area contributed by atoms with Crippen LogP contribution in [0.1, 0.15) is 36.5 Å². The van der Waals surface area contributed by atoms with Crippen LogP contribution in [0.4, 0.5) is 5.69 Å². The highest BCUT2D eigenvalue weighted by Crippen LogP contribution is 2.32. The predicted octanol–water partition coefficient (Wildman–Crippen LogP) is 3.40. The van der Waals surface area contributed by atoms with Gasteiger partial charge in [-0.15, -0.1) is 0 Å². The van der Waals surface area contributed by atoms with Gasteiger partial charge >= 0.3 is 0 Å². The molecule has 1 saturated heterocycles. The van der Waals surface area contributed by atoms with E-state index in [1.54, 1.807) is 0 Å². The number of carbonyl (C=O) groups excluding carboxylic acids is 1. The van der Waals surface area contributed by atoms with Gasteiger partial charge in [-0.25, -0.2) is 0 Å². The van der Waals surface area contributed by atoms with Crippen LogP contribution in [0.2, 0.25) is 0 Å². The third-order valence-electron chi connectivity index (χ3n) is 5.71. The second kappa shape index (κ2) is 8.76. The smallest absolute Gasteiger partial charge is 0.262 e. The molecule has 2 aliphatic rings. The Morgan fingerprint density at radius 2 is 2.07 bits per heavy atom. The molecule has 5 heteroatoms. The van der Waals surface area contributed by atoms with Crippen LogP contribution in [0.15, 0.2) is 48.5 Å². The number of aliphatic hydroxyl groups is 1. The number of hydrogen-bond acceptors (Lipinski definition) is 4. The zero-order chi connectivity index (χ0) is 19.3. The summed E-state index contributed by atoms with van der Waals surface area (Å²) in [5, 5.41) is 13.4. The van der Waals surface area contributed by atoms with Crippen molar-refractivity contribution >= 4 is 11.6 Å². The van der Waals surface area contributed by atoms with Gasteiger partial charge in [0.2, 0.25) is 0 Å². The molecular weight excluding hydrogens is 352 g/mol. The number of nitrogens with one attached hydrogen (secondary N) is 1. The maximum Gasteiger partial charge on any atom is 0.262 e. The Balaban J connectivity index is 1.29. The predicted molar refractivity (Wildman–Crippen MR) is 109 cm³/mol. The van der Waals surface area contributed by atoms with Crippen molar-refractivity contribution in [2.75, 3.05) is 31.6 Å². The Morgan fingerprint density at radius 3 is 2.93 bits per heavy atom. The summed E-state index contributed by atoms with van der Waals surface area (Å²) in [6.07, 6.45) is 3.81. The Labute approximate surface area is 166 Å². The van der Waals surface area contributed by atoms with E-state index in [0.717, 1.165) is 31.6 Å². The lowest BCUT2D eigenvalue weighted by Gasteiger charge is -2.33. The Morgan fingerprint density at radius 1 is 1.21 bits per heavy atom. The van der Waals surface area contributed by atoms with Gasteiger partial charge in [0.05, 0.1) is 11.8 Å². The minimum Gasteiger partial charge on any atom is -0.482 e. The van der Waals surface area contributed by atoms with Gasteiger partial charge < -0.3 is 20.1 Å². The van der Waals surface area contributed by atoms with Crippen molar-refractivity contribution in [2.24, 2.45) is 5.92 Å². The molecule has 1 amide bonds. The first-order valence-corrected chi connectivity index (χ1v) is 10.2. The molecule has 0 radical (unpaired) electrons. The average molecular weight is 380 g/mol. The summed E-state index contributed by atoms with van der Waals surface area (Å²) in [7, 11) is 0. The second-order valence-electron chi connectivity index (χ2n) is 7.90. The summed E-state index contributed by atoms with van der Waals surface area (Å²) in [6, 6.07) is 16.2. The van der Waals surface area contributed by atoms with Crippen LogP contribution in [-0.4, -0.2) is 42.2 Å². The summed E-state index contributed by atoms with van der Waals surface area (Å²) in [6.45, 7) is 3.13. The number of ether oxygens (including phenoxy) is 1. The molecule has 28 heavy (non-hydrogen) atoms. The van der Waals surface area contributed by atoms with Gasteiger partial charge in [-0.1, -0.05) is 36.4 Å². The molecule has 2 N–H and O–H groups in total. The van der Waals surface area contributed by atoms with E-state index in [0.29, 0.717) is 23.8 Å². The fourth-order valence-corrected chi connectivity index (χ4v) is 4.24. The van der Waals surface area contributed by atoms with E-state index < -0.39 is 6.10 Å². The number of hydrogen-bond donors (Lipinski definition) is 2. The number of anilines is 1. The number of benzene rings is 2. The maximum absolute atomic E-state index is 11.4. The van der Waals surface area contributed by atoms with Crippen molar-refractivity contribution in [1.82, 2.24) is 4.90 Å². The molecule has 2 aromatic rings. The molecule has 2 atom stereocenters. The van der Waals surface area contributed by atoms with Crippen LogP contribution in [0, 0.1) is 5.92 Å². The van der Waals surface area contributed by atoms with Gasteiger partial charge in [-0.05, 0) is 61.4 Å². The summed E-state index contributed by atoms with van der Waals surface area (Å²) in [5.41, 5.74) is 2.93. The van der Waals surface area contributed by atoms with E-state index in [2.05, 4.69) is 40.5 Å². The highest BCUT2D eigenvalue weighted by molar-refractivity contribution is 5.95. The first-order valence-electron chi connectivity index (χ1n) is 10.2. The van der Waals surface area contributed by atoms with Crippen LogP contribution in [0.5, 0.6) is 5.75 Å². The summed E-state index contributed by atoms with van der Waals surface area (Å²) >= 11 is 0. The molecule has 1 fully saturated rings. The van der Waals surface area contributed by atoms with Crippen molar-refractivity contribution in [2.45, 2.75) is 31.8 Å². The summed E-state index contributed by atoms with van der Waals surface area (Å²) < 4.78 is 5.46. The van der Waals surface area contributed by atoms with Crippen LogP contribution in [-0.2, 0) is 11.2 Å². The number of nitrogens with zero attached hydrogens (tertiary/aromatic N) is 1. The zero-order valence-corrected chi connectivity index (χ0v) is 16.1. The molecule has 0 saturated carbocycles. The largest absolute Gasteiger partial charge is 0.482 e. The molecule has 148 valence electrons. The second-order valence-corrected chi connectivity index (χ2v) is 7.90. The summed E-state index contributed by atoms with van der Waals surface area (Å²) in [4.78, 5) is 13.9. The number of rotatable bonds is 6. The first-order chi connectivity index (χ1) is 13.7. The normalized spacial score (nSPS) is 20.8. The minimum absolute atomic E-state index is 0.0309. The monoisotopic (exact) mass is 380 g/mol. The number of piperidine rings is 1. The minimum atomic E-state index is -0.527. The Bertz CT molecular complexity index is 809. The van der Waals surface area contributed by atoms with Crippen LogP contribution < -0.4 is 10.1 Å². The van der Waals surface area contributed by atoms with E-state index in [1.165, 1.54) is 18.4 Å². The fraction of sp³-hybridized carbons (Fsp3) is 0.435. The molecule has 1 unspecified atom stereocenters. The van der Waals surface area contributed by atoms with E-state index in [-0.39, 0.29) is 12.5 Å². The van der Waals surface area contributed by atoms with Crippen molar-refractivity contribution in [3.05, 3.63) is 59.7 Å². The molecule has 0 spiro atoms. The Kier molecular flexibility index (Phi) is 5.93. The van der Waals surface area contributed by atoms with Gasteiger partial charge in [-0.2, -0.15) is 0 Å². The number of fused-ring (bicyclic) bond motifs is 1. The lowest BCUT2D eigenvalue weighted by molar-refractivity contribution is -0.118. The quantitative estimate of drug-likeness (QED) is 0.806. The van der Waals surface area contributed by atoms with Crippen molar-refractivity contribution in [3.8, 4) is 5.75 Å². The lowest BCUT2D eigenvalue weighted by atomic mass is 9.91. The van der Waals surface area contributed by atoms with Gasteiger partial charge in [0, 0.05) is 13.1 Å². The van der Waals surface area contributed by atoms with Crippen molar-refractivity contribution in [3.63, 3.8) is 0 Å². The fourth-order valence-electron chi connectivity index (χ4n) is 4.24. The zero-order valence-electron chi connectivity index (χ0n) is 16.1. The number of likely N-dealkylation sites (tertiary alicyclic amines) is 1. The third-order valence-corrected chi connectivity index (χ3v) is 5.71. The third kappa shape index (κ3) is 4.72. The molecule has 2 aromatic carbocycles. The van der Waals surface area contributed by atoms with Gasteiger partial charge in [0.1, 0.15) is 5.75 Å². The summed E-state index contributed by atoms with van der Waals surface area (Å²) in [5.74, 6) is 1.18. The highest BCUT2D eigenvalue weighted by Gasteiger charge is 2.22. The maximum atomic E-state index is 11.4. The SMILES string of the molecule is O=C1COc2cc(C(O)CCN3CCC[C@H](Cc4ccccc4)C3)ccc2N1. The molecular formula is C23H28N2O3. The van der Waals surface area contributed by atoms with Crippen LogP contribution in [0.3, 0.4) is 0 Å². The molecule has 0 aliphatic carbocycles. The number of aliphatic hydroxyl groups excluding tert-OH is 1. The van der Waals surface area contributed by atoms with Gasteiger partial charge in [0.25, 0.3) is 5.91 Å². The van der Waals surface area contributed by atoms with Crippen molar-refractivity contribution in [1.29, 1.82) is 0 Å². The topological polar surface area (TPSA) is 61.8 Å². The first kappa shape index (κ1) is 19.0. The van der Waals surface area contributed by atoms with Crippen molar-refractivity contribution < 1.29 is 14.6 Å². The molecule has 4 rings (SSSR count).